The molecule has 0 bridgehead atoms. The number of ether oxygens (including phenoxy) is 1. The summed E-state index contributed by atoms with van der Waals surface area (Å²) in [5.41, 5.74) is 3.90. The van der Waals surface area contributed by atoms with Gasteiger partial charge in [-0.2, -0.15) is 5.10 Å². The summed E-state index contributed by atoms with van der Waals surface area (Å²) < 4.78 is 7.10. The molecule has 37 heavy (non-hydrogen) atoms. The average Bonchev–Trinajstić information content (AvgIpc) is 3.35. The first-order chi connectivity index (χ1) is 17.9. The number of hydrogen-bond donors (Lipinski definition) is 1. The highest BCUT2D eigenvalue weighted by molar-refractivity contribution is 6.00. The highest BCUT2D eigenvalue weighted by Gasteiger charge is 2.48. The van der Waals surface area contributed by atoms with Gasteiger partial charge in [0.2, 0.25) is 5.91 Å². The zero-order valence-corrected chi connectivity index (χ0v) is 21.3. The molecule has 7 nitrogen and oxygen atoms in total. The van der Waals surface area contributed by atoms with Crippen molar-refractivity contribution in [2.24, 2.45) is 0 Å². The summed E-state index contributed by atoms with van der Waals surface area (Å²) in [7, 11) is 1.61. The fourth-order valence-electron chi connectivity index (χ4n) is 4.73. The van der Waals surface area contributed by atoms with Gasteiger partial charge < -0.3 is 15.0 Å². The molecule has 0 spiro atoms. The zero-order valence-electron chi connectivity index (χ0n) is 21.3. The van der Waals surface area contributed by atoms with Crippen LogP contribution in [0.4, 0.5) is 0 Å². The molecule has 1 atom stereocenters. The van der Waals surface area contributed by atoms with Crippen molar-refractivity contribution in [3.8, 4) is 17.0 Å². The van der Waals surface area contributed by atoms with Gasteiger partial charge in [0.1, 0.15) is 17.0 Å². The molecule has 1 aliphatic rings. The Kier molecular flexibility index (Phi) is 6.53. The number of rotatable bonds is 7. The summed E-state index contributed by atoms with van der Waals surface area (Å²) >= 11 is 0. The lowest BCUT2D eigenvalue weighted by molar-refractivity contribution is -0.133. The van der Waals surface area contributed by atoms with E-state index in [1.807, 2.05) is 98.8 Å². The molecule has 188 valence electrons. The van der Waals surface area contributed by atoms with E-state index in [9.17, 15) is 9.59 Å². The summed E-state index contributed by atoms with van der Waals surface area (Å²) in [6.45, 7) is 4.67. The molecule has 4 aromatic rings. The number of para-hydroxylation sites is 1. The third-order valence-corrected chi connectivity index (χ3v) is 6.95. The van der Waals surface area contributed by atoms with Gasteiger partial charge in [-0.1, -0.05) is 78.4 Å². The molecule has 0 unspecified atom stereocenters. The van der Waals surface area contributed by atoms with Crippen LogP contribution < -0.4 is 10.1 Å². The van der Waals surface area contributed by atoms with Gasteiger partial charge in [-0.25, -0.2) is 0 Å². The van der Waals surface area contributed by atoms with Crippen LogP contribution >= 0.6 is 0 Å². The Balaban J connectivity index is 1.49. The molecule has 7 heteroatoms. The predicted octanol–water partition coefficient (Wildman–Crippen LogP) is 4.60. The molecule has 1 aliphatic heterocycles. The van der Waals surface area contributed by atoms with E-state index < -0.39 is 5.54 Å². The van der Waals surface area contributed by atoms with Gasteiger partial charge >= 0.3 is 0 Å². The molecular formula is C30H30N4O3. The quantitative estimate of drug-likeness (QED) is 0.408. The molecule has 5 rings (SSSR count). The number of fused-ring (bicyclic) bond motifs is 1. The Morgan fingerprint density at radius 3 is 2.46 bits per heavy atom. The summed E-state index contributed by atoms with van der Waals surface area (Å²) in [5, 5.41) is 7.76. The van der Waals surface area contributed by atoms with Crippen LogP contribution in [0.25, 0.3) is 11.3 Å². The summed E-state index contributed by atoms with van der Waals surface area (Å²) in [6, 6.07) is 27.1. The molecular weight excluding hydrogens is 464 g/mol. The number of hydrogen-bond acceptors (Lipinski definition) is 4. The van der Waals surface area contributed by atoms with E-state index in [1.54, 1.807) is 16.7 Å². The van der Waals surface area contributed by atoms with Gasteiger partial charge in [0.15, 0.2) is 0 Å². The summed E-state index contributed by atoms with van der Waals surface area (Å²) in [6.07, 6.45) is 0. The molecule has 0 radical (unpaired) electrons. The maximum atomic E-state index is 13.9. The number of carbonyl (C=O) groups excluding carboxylic acids is 2. The molecule has 0 saturated carbocycles. The largest absolute Gasteiger partial charge is 0.496 e. The number of benzene rings is 3. The van der Waals surface area contributed by atoms with E-state index in [0.29, 0.717) is 23.7 Å². The van der Waals surface area contributed by atoms with Crippen LogP contribution in [-0.2, 0) is 24.4 Å². The Bertz CT molecular complexity index is 1430. The van der Waals surface area contributed by atoms with Crippen LogP contribution in [0, 0.1) is 6.92 Å². The van der Waals surface area contributed by atoms with Gasteiger partial charge in [-0.05, 0) is 31.5 Å². The summed E-state index contributed by atoms with van der Waals surface area (Å²) in [4.78, 5) is 29.4. The van der Waals surface area contributed by atoms with Crippen molar-refractivity contribution >= 4 is 11.8 Å². The van der Waals surface area contributed by atoms with Gasteiger partial charge in [0, 0.05) is 24.2 Å². The Hall–Kier alpha value is -4.39. The van der Waals surface area contributed by atoms with Crippen LogP contribution in [0.5, 0.6) is 5.75 Å². The van der Waals surface area contributed by atoms with Crippen molar-refractivity contribution < 1.29 is 14.3 Å². The van der Waals surface area contributed by atoms with E-state index in [1.165, 1.54) is 0 Å². The molecule has 2 heterocycles. The average molecular weight is 495 g/mol. The highest BCUT2D eigenvalue weighted by atomic mass is 16.5. The number of carbonyl (C=O) groups is 2. The lowest BCUT2D eigenvalue weighted by atomic mass is 9.93. The molecule has 3 aromatic carbocycles. The Morgan fingerprint density at radius 1 is 1.03 bits per heavy atom. The first-order valence-corrected chi connectivity index (χ1v) is 12.3. The van der Waals surface area contributed by atoms with Crippen molar-refractivity contribution in [2.45, 2.75) is 39.0 Å². The number of nitrogens with zero attached hydrogens (tertiary/aromatic N) is 3. The van der Waals surface area contributed by atoms with Gasteiger partial charge in [-0.3, -0.25) is 14.3 Å². The van der Waals surface area contributed by atoms with Gasteiger partial charge in [-0.15, -0.1) is 0 Å². The van der Waals surface area contributed by atoms with Gasteiger partial charge in [0.05, 0.1) is 19.3 Å². The van der Waals surface area contributed by atoms with E-state index in [4.69, 9.17) is 9.84 Å². The van der Waals surface area contributed by atoms with Crippen LogP contribution in [0.15, 0.2) is 84.9 Å². The molecule has 1 aromatic heterocycles. The Labute approximate surface area is 216 Å². The van der Waals surface area contributed by atoms with E-state index >= 15 is 0 Å². The van der Waals surface area contributed by atoms with Crippen LogP contribution in [0.1, 0.15) is 34.1 Å². The standard InChI is InChI=1S/C30H30N4O3/c1-21-13-15-22(16-14-21)19-33-28(35)26-17-25(23-9-5-4-6-10-23)32-34(26)20-30(33,2)29(36)31-18-24-11-7-8-12-27(24)37-3/h4-17H,18-20H2,1-3H3,(H,31,36)/t30-/m1/s1. The smallest absolute Gasteiger partial charge is 0.273 e. The third kappa shape index (κ3) is 4.72. The first-order valence-electron chi connectivity index (χ1n) is 12.3. The van der Waals surface area contributed by atoms with Crippen molar-refractivity contribution in [2.75, 3.05) is 7.11 Å². The molecule has 0 saturated heterocycles. The first kappa shape index (κ1) is 24.3. The van der Waals surface area contributed by atoms with Crippen LogP contribution in [0.2, 0.25) is 0 Å². The van der Waals surface area contributed by atoms with E-state index in [-0.39, 0.29) is 24.9 Å². The molecule has 2 amide bonds. The second-order valence-electron chi connectivity index (χ2n) is 9.58. The number of amides is 2. The van der Waals surface area contributed by atoms with E-state index in [0.717, 1.165) is 22.3 Å². The van der Waals surface area contributed by atoms with Crippen LogP contribution in [0.3, 0.4) is 0 Å². The molecule has 0 fully saturated rings. The summed E-state index contributed by atoms with van der Waals surface area (Å²) in [5.74, 6) is 0.226. The Morgan fingerprint density at radius 2 is 1.73 bits per heavy atom. The lowest BCUT2D eigenvalue weighted by Gasteiger charge is -2.43. The number of nitrogens with one attached hydrogen (secondary N) is 1. The minimum atomic E-state index is -1.16. The predicted molar refractivity (Wildman–Crippen MR) is 142 cm³/mol. The minimum Gasteiger partial charge on any atom is -0.496 e. The van der Waals surface area contributed by atoms with Crippen molar-refractivity contribution in [3.63, 3.8) is 0 Å². The maximum Gasteiger partial charge on any atom is 0.273 e. The monoisotopic (exact) mass is 494 g/mol. The highest BCUT2D eigenvalue weighted by Crippen LogP contribution is 2.32. The van der Waals surface area contributed by atoms with Gasteiger partial charge in [0.25, 0.3) is 5.91 Å². The zero-order chi connectivity index (χ0) is 26.0. The van der Waals surface area contributed by atoms with Crippen molar-refractivity contribution in [3.05, 3.63) is 107 Å². The third-order valence-electron chi connectivity index (χ3n) is 6.95. The minimum absolute atomic E-state index is 0.226. The van der Waals surface area contributed by atoms with Crippen molar-refractivity contribution in [1.29, 1.82) is 0 Å². The topological polar surface area (TPSA) is 76.5 Å². The van der Waals surface area contributed by atoms with Crippen molar-refractivity contribution in [1.82, 2.24) is 20.0 Å². The fraction of sp³-hybridized carbons (Fsp3) is 0.233. The number of aromatic nitrogens is 2. The van der Waals surface area contributed by atoms with Crippen LogP contribution in [-0.4, -0.2) is 39.1 Å². The second kappa shape index (κ2) is 9.93. The number of methoxy groups -OCH3 is 1. The number of aryl methyl sites for hydroxylation is 1. The maximum absolute atomic E-state index is 13.9. The van der Waals surface area contributed by atoms with E-state index in [2.05, 4.69) is 5.32 Å². The molecule has 1 N–H and O–H groups in total. The fourth-order valence-corrected chi connectivity index (χ4v) is 4.73. The second-order valence-corrected chi connectivity index (χ2v) is 9.58. The molecule has 0 aliphatic carbocycles. The normalized spacial score (nSPS) is 16.8. The SMILES string of the molecule is COc1ccccc1CNC(=O)[C@@]1(C)Cn2nc(-c3ccccc3)cc2C(=O)N1Cc1ccc(C)cc1. The lowest BCUT2D eigenvalue weighted by Crippen LogP contribution is -2.63.